The molecule has 0 aliphatic carbocycles. The Hall–Kier alpha value is -9.28. The maximum Gasteiger partial charge on any atom is 0.417 e. The number of amides is 5. The lowest BCUT2D eigenvalue weighted by Gasteiger charge is -2.38. The Balaban J connectivity index is 0.000000225. The normalized spacial score (nSPS) is 18.3. The average molecular weight is 1540 g/mol. The number of anilines is 5. The Labute approximate surface area is 634 Å². The van der Waals surface area contributed by atoms with Gasteiger partial charge in [-0.2, -0.15) is 36.9 Å². The molecule has 0 bridgehead atoms. The second-order valence-corrected chi connectivity index (χ2v) is 31.0. The number of aryl methyl sites for hydroxylation is 3. The predicted octanol–water partition coefficient (Wildman–Crippen LogP) is 17.1. The largest absolute Gasteiger partial charge is 0.490 e. The van der Waals surface area contributed by atoms with Gasteiger partial charge in [-0.15, -0.1) is 0 Å². The standard InChI is InChI=1S/C21H24F6N2O.C21H24N2O4S.C21H24N2O3.C17H21ClN2O3.CH4/c1-11(2)30-19(21(25,26)27)18-8-5-13(4)29(18)14-6-7-17-15(10-14)16(20(22,23)24)9-12(3)28-17;1-14(2)16-6-9-19(10-7-16)28(26,27)13-21(4,25)20(24)23-18-8-5-17(12-22)15(3)11-18;1-14(2)16-6-9-19(10-7-16)26-13-21(4,25)20(24)23-18-8-5-17(12-22)15(3)11-18;1-9(2)23-13-7-8-19-15(13)16(21)20(17(19)22)12-6-5-10(3)14(18)11(12)4;/h6-7,9-11,13,18-19,28H,3,5,8H2,1-2,4H3;5-11,14,25H,13H2,1-4H3,(H,23,24);5-11,14,25H,13H2,1-4H3,(H,23,24);5-6,9,13,15H,7-8H2,1-4H3;1H4/t13-,18+,19+;;21-;13-,15+;/m0.01./s1. The molecule has 6 aromatic rings. The van der Waals surface area contributed by atoms with Gasteiger partial charge in [0.1, 0.15) is 18.4 Å². The molecule has 582 valence electrons. The van der Waals surface area contributed by atoms with Crippen LogP contribution in [0.4, 0.5) is 59.6 Å². The summed E-state index contributed by atoms with van der Waals surface area (Å²) >= 11 is 6.29. The van der Waals surface area contributed by atoms with Gasteiger partial charge in [0.05, 0.1) is 69.5 Å². The molecule has 10 rings (SSSR count). The van der Waals surface area contributed by atoms with Gasteiger partial charge in [-0.1, -0.05) is 83.6 Å². The lowest BCUT2D eigenvalue weighted by Crippen LogP contribution is -2.51. The molecule has 4 aliphatic rings. The zero-order valence-corrected chi connectivity index (χ0v) is 64.1. The maximum atomic E-state index is 13.8. The van der Waals surface area contributed by atoms with Crippen molar-refractivity contribution >= 4 is 79.2 Å². The predicted molar refractivity (Wildman–Crippen MR) is 409 cm³/mol. The third kappa shape index (κ3) is 21.6. The van der Waals surface area contributed by atoms with Crippen LogP contribution in [0.25, 0.3) is 5.57 Å². The van der Waals surface area contributed by atoms with E-state index in [0.717, 1.165) is 28.3 Å². The highest BCUT2D eigenvalue weighted by Crippen LogP contribution is 2.46. The molecule has 1 unspecified atom stereocenters. The molecule has 27 heteroatoms. The third-order valence-corrected chi connectivity index (χ3v) is 21.0. The lowest BCUT2D eigenvalue weighted by atomic mass is 9.97. The van der Waals surface area contributed by atoms with Crippen LogP contribution in [0.1, 0.15) is 165 Å². The Morgan fingerprint density at radius 2 is 1.26 bits per heavy atom. The van der Waals surface area contributed by atoms with Crippen molar-refractivity contribution in [3.05, 3.63) is 189 Å². The van der Waals surface area contributed by atoms with Crippen molar-refractivity contribution in [2.75, 3.05) is 44.7 Å². The summed E-state index contributed by atoms with van der Waals surface area (Å²) in [6, 6.07) is 33.5. The Morgan fingerprint density at radius 1 is 0.722 bits per heavy atom. The van der Waals surface area contributed by atoms with Gasteiger partial charge in [0.25, 0.3) is 17.7 Å². The van der Waals surface area contributed by atoms with Gasteiger partial charge < -0.3 is 50.2 Å². The minimum absolute atomic E-state index is 0. The third-order valence-electron chi connectivity index (χ3n) is 18.4. The van der Waals surface area contributed by atoms with E-state index in [2.05, 4.69) is 42.4 Å². The molecule has 4 heterocycles. The molecule has 5 amide bonds. The first-order valence-corrected chi connectivity index (χ1v) is 36.9. The molecular formula is C81H97ClF6N8O11S. The number of nitrogens with one attached hydrogen (secondary N) is 3. The van der Waals surface area contributed by atoms with Crippen LogP contribution in [0, 0.1) is 50.4 Å². The van der Waals surface area contributed by atoms with Crippen molar-refractivity contribution in [2.45, 2.75) is 213 Å². The van der Waals surface area contributed by atoms with Crippen molar-refractivity contribution in [3.63, 3.8) is 0 Å². The summed E-state index contributed by atoms with van der Waals surface area (Å²) in [6.45, 7) is 30.6. The smallest absolute Gasteiger partial charge is 0.417 e. The summed E-state index contributed by atoms with van der Waals surface area (Å²) in [7, 11) is -3.87. The van der Waals surface area contributed by atoms with Gasteiger partial charge >= 0.3 is 18.4 Å². The molecule has 0 saturated carbocycles. The van der Waals surface area contributed by atoms with Gasteiger partial charge in [0.2, 0.25) is 0 Å². The van der Waals surface area contributed by atoms with Gasteiger partial charge in [0.15, 0.2) is 27.1 Å². The first kappa shape index (κ1) is 87.6. The fourth-order valence-corrected chi connectivity index (χ4v) is 14.4. The number of ether oxygens (including phenoxy) is 3. The molecule has 6 aromatic carbocycles. The van der Waals surface area contributed by atoms with Gasteiger partial charge in [-0.25, -0.2) is 18.1 Å². The number of aliphatic hydroxyl groups is 2. The lowest BCUT2D eigenvalue weighted by molar-refractivity contribution is -0.235. The molecule has 0 spiro atoms. The molecule has 0 radical (unpaired) electrons. The van der Waals surface area contributed by atoms with Crippen LogP contribution in [0.2, 0.25) is 5.02 Å². The number of nitriles is 2. The number of hydrogen-bond acceptors (Lipinski definition) is 15. The van der Waals surface area contributed by atoms with E-state index in [1.165, 1.54) is 79.5 Å². The van der Waals surface area contributed by atoms with Gasteiger partial charge in [-0.3, -0.25) is 14.4 Å². The van der Waals surface area contributed by atoms with Gasteiger partial charge in [0, 0.05) is 51.6 Å². The number of sulfone groups is 1. The second-order valence-electron chi connectivity index (χ2n) is 28.7. The molecular weight excluding hydrogens is 1440 g/mol. The quantitative estimate of drug-likeness (QED) is 0.0373. The number of rotatable bonds is 19. The Bertz CT molecular complexity index is 4490. The van der Waals surface area contributed by atoms with Crippen LogP contribution in [-0.4, -0.2) is 132 Å². The molecule has 108 heavy (non-hydrogen) atoms. The number of alkyl halides is 6. The molecule has 4 aliphatic heterocycles. The number of nitrogens with zero attached hydrogens (tertiary/aromatic N) is 5. The summed E-state index contributed by atoms with van der Waals surface area (Å²) in [5.41, 5.74) is 3.56. The van der Waals surface area contributed by atoms with Crippen LogP contribution in [-0.2, 0) is 33.7 Å². The SMILES string of the molecule is C.C=C1C=C(C(F)(F)F)c2cc(N3[C@@H]([C@@H](OC(C)C)C(F)(F)F)CC[C@@H]3C)ccc2N1.Cc1cc(NC(=O)C(C)(O)CS(=O)(=O)c2ccc(C(C)C)cc2)ccc1C#N.Cc1cc(NC(=O)[C@@](C)(O)COc2ccc(C(C)C)cc2)ccc1C#N.Cc1ccc(N2C(=O)[C@@H]3[C@H](OC(C)C)CCN3C2=O)c(C)c1Cl. The molecule has 3 fully saturated rings. The summed E-state index contributed by atoms with van der Waals surface area (Å²) in [6.07, 6.45) is -9.81. The van der Waals surface area contributed by atoms with Crippen molar-refractivity contribution in [1.82, 2.24) is 4.90 Å². The van der Waals surface area contributed by atoms with Crippen molar-refractivity contribution in [1.29, 1.82) is 10.5 Å². The van der Waals surface area contributed by atoms with E-state index in [4.69, 9.17) is 36.3 Å². The van der Waals surface area contributed by atoms with Crippen molar-refractivity contribution in [2.24, 2.45) is 0 Å². The number of urea groups is 1. The second kappa shape index (κ2) is 35.8. The van der Waals surface area contributed by atoms with E-state index in [1.54, 1.807) is 74.2 Å². The molecule has 5 N–H and O–H groups in total. The first-order valence-electron chi connectivity index (χ1n) is 34.9. The fraction of sp³-hybridized carbons (Fsp3) is 0.432. The summed E-state index contributed by atoms with van der Waals surface area (Å²) in [5, 5.41) is 47.4. The van der Waals surface area contributed by atoms with E-state index in [1.807, 2.05) is 77.9 Å². The van der Waals surface area contributed by atoms with E-state index in [-0.39, 0.29) is 78.4 Å². The van der Waals surface area contributed by atoms with Crippen LogP contribution in [0.5, 0.6) is 5.75 Å². The Kier molecular flexibility index (Phi) is 29.1. The summed E-state index contributed by atoms with van der Waals surface area (Å²) in [5.74, 6) is -1.09. The Morgan fingerprint density at radius 3 is 1.75 bits per heavy atom. The fourth-order valence-electron chi connectivity index (χ4n) is 12.6. The van der Waals surface area contributed by atoms with Crippen molar-refractivity contribution < 1.29 is 78.4 Å². The zero-order chi connectivity index (χ0) is 79.7. The first-order chi connectivity index (χ1) is 49.8. The van der Waals surface area contributed by atoms with Crippen LogP contribution in [0.15, 0.2) is 139 Å². The highest BCUT2D eigenvalue weighted by molar-refractivity contribution is 7.91. The van der Waals surface area contributed by atoms with Crippen LogP contribution >= 0.6 is 11.6 Å². The number of benzene rings is 6. The number of fused-ring (bicyclic) bond motifs is 2. The molecule has 19 nitrogen and oxygen atoms in total. The minimum Gasteiger partial charge on any atom is -0.490 e. The summed E-state index contributed by atoms with van der Waals surface area (Å²) < 4.78 is 124. The topological polar surface area (TPSA) is 264 Å². The van der Waals surface area contributed by atoms with Crippen molar-refractivity contribution in [3.8, 4) is 17.9 Å². The number of allylic oxidation sites excluding steroid dienone is 2. The van der Waals surface area contributed by atoms with E-state index in [0.29, 0.717) is 75.5 Å². The zero-order valence-electron chi connectivity index (χ0n) is 62.6. The highest BCUT2D eigenvalue weighted by atomic mass is 35.5. The summed E-state index contributed by atoms with van der Waals surface area (Å²) in [4.78, 5) is 54.9. The number of carbonyl (C=O) groups is 4. The minimum atomic E-state index is -4.62. The molecule has 7 atom stereocenters. The maximum absolute atomic E-state index is 13.8. The molecule has 3 saturated heterocycles. The van der Waals surface area contributed by atoms with E-state index < -0.39 is 80.8 Å². The number of halogens is 7. The van der Waals surface area contributed by atoms with Gasteiger partial charge in [-0.05, 0) is 232 Å². The number of imide groups is 1. The number of hydrogen-bond donors (Lipinski definition) is 5. The highest BCUT2D eigenvalue weighted by Gasteiger charge is 2.55. The van der Waals surface area contributed by atoms with Crippen LogP contribution in [0.3, 0.4) is 0 Å². The number of carbonyl (C=O) groups excluding carboxylic acids is 4. The van der Waals surface area contributed by atoms with E-state index >= 15 is 0 Å². The average Bonchev–Trinajstić information content (AvgIpc) is 1.57. The monoisotopic (exact) mass is 1540 g/mol. The van der Waals surface area contributed by atoms with E-state index in [9.17, 15) is 64.2 Å². The molecule has 0 aromatic heterocycles. The van der Waals surface area contributed by atoms with Crippen LogP contribution < -0.4 is 30.5 Å².